The lowest BCUT2D eigenvalue weighted by atomic mass is 9.96. The standard InChI is InChI=1S/C21H34N4O/c1-2-6-19-7-5-12-23(13-9-19)14-10-21(26)25-17-15-24(16-18-25)20-8-3-4-11-22-20/h3-4,8,11,19H,2,5-7,9-10,12-18H2,1H3. The maximum absolute atomic E-state index is 12.6. The van der Waals surface area contributed by atoms with Crippen molar-refractivity contribution in [3.05, 3.63) is 24.4 Å². The Hall–Kier alpha value is -1.62. The second kappa shape index (κ2) is 9.91. The first-order chi connectivity index (χ1) is 12.8. The lowest BCUT2D eigenvalue weighted by Gasteiger charge is -2.35. The topological polar surface area (TPSA) is 39.7 Å². The van der Waals surface area contributed by atoms with E-state index in [9.17, 15) is 4.79 Å². The van der Waals surface area contributed by atoms with Crippen molar-refractivity contribution < 1.29 is 4.79 Å². The van der Waals surface area contributed by atoms with Gasteiger partial charge >= 0.3 is 0 Å². The smallest absolute Gasteiger partial charge is 0.223 e. The van der Waals surface area contributed by atoms with Crippen LogP contribution in [-0.4, -0.2) is 66.5 Å². The van der Waals surface area contributed by atoms with Crippen LogP contribution in [-0.2, 0) is 4.79 Å². The van der Waals surface area contributed by atoms with Crippen molar-refractivity contribution in [2.75, 3.05) is 50.7 Å². The minimum absolute atomic E-state index is 0.319. The Morgan fingerprint density at radius 2 is 1.96 bits per heavy atom. The summed E-state index contributed by atoms with van der Waals surface area (Å²) in [7, 11) is 0. The Kier molecular flexibility index (Phi) is 7.30. The van der Waals surface area contributed by atoms with Gasteiger partial charge in [0.25, 0.3) is 0 Å². The van der Waals surface area contributed by atoms with E-state index in [2.05, 4.69) is 21.7 Å². The summed E-state index contributed by atoms with van der Waals surface area (Å²) in [5, 5.41) is 0. The van der Waals surface area contributed by atoms with E-state index in [1.807, 2.05) is 29.3 Å². The number of piperazine rings is 1. The summed E-state index contributed by atoms with van der Waals surface area (Å²) in [4.78, 5) is 23.8. The van der Waals surface area contributed by atoms with Crippen molar-refractivity contribution in [2.45, 2.75) is 45.4 Å². The van der Waals surface area contributed by atoms with Crippen LogP contribution in [0.4, 0.5) is 5.82 Å². The van der Waals surface area contributed by atoms with E-state index in [0.29, 0.717) is 12.3 Å². The minimum Gasteiger partial charge on any atom is -0.353 e. The molecule has 2 saturated heterocycles. The van der Waals surface area contributed by atoms with Gasteiger partial charge in [0.05, 0.1) is 0 Å². The molecule has 0 N–H and O–H groups in total. The molecule has 3 heterocycles. The van der Waals surface area contributed by atoms with Gasteiger partial charge in [-0.25, -0.2) is 4.98 Å². The van der Waals surface area contributed by atoms with E-state index >= 15 is 0 Å². The Labute approximate surface area is 158 Å². The Bertz CT molecular complexity index is 542. The first-order valence-electron chi connectivity index (χ1n) is 10.4. The van der Waals surface area contributed by atoms with Crippen LogP contribution in [0.3, 0.4) is 0 Å². The molecule has 144 valence electrons. The van der Waals surface area contributed by atoms with Crippen LogP contribution < -0.4 is 4.90 Å². The monoisotopic (exact) mass is 358 g/mol. The lowest BCUT2D eigenvalue weighted by Crippen LogP contribution is -2.49. The van der Waals surface area contributed by atoms with Crippen LogP contribution in [0.5, 0.6) is 0 Å². The quantitative estimate of drug-likeness (QED) is 0.784. The number of likely N-dealkylation sites (tertiary alicyclic amines) is 1. The van der Waals surface area contributed by atoms with Gasteiger partial charge in [0.1, 0.15) is 5.82 Å². The molecule has 1 atom stereocenters. The fraction of sp³-hybridized carbons (Fsp3) is 0.714. The highest BCUT2D eigenvalue weighted by molar-refractivity contribution is 5.76. The van der Waals surface area contributed by atoms with Crippen LogP contribution in [0.1, 0.15) is 45.4 Å². The highest BCUT2D eigenvalue weighted by Gasteiger charge is 2.23. The highest BCUT2D eigenvalue weighted by Crippen LogP contribution is 2.22. The van der Waals surface area contributed by atoms with E-state index < -0.39 is 0 Å². The molecule has 3 rings (SSSR count). The summed E-state index contributed by atoms with van der Waals surface area (Å²) < 4.78 is 0. The summed E-state index contributed by atoms with van der Waals surface area (Å²) in [5.41, 5.74) is 0. The van der Waals surface area contributed by atoms with Crippen LogP contribution in [0, 0.1) is 5.92 Å². The maximum atomic E-state index is 12.6. The molecule has 26 heavy (non-hydrogen) atoms. The molecule has 0 radical (unpaired) electrons. The molecular weight excluding hydrogens is 324 g/mol. The van der Waals surface area contributed by atoms with E-state index in [-0.39, 0.29) is 0 Å². The van der Waals surface area contributed by atoms with Crippen molar-refractivity contribution in [3.8, 4) is 0 Å². The molecule has 2 aliphatic rings. The number of hydrogen-bond donors (Lipinski definition) is 0. The van der Waals surface area contributed by atoms with E-state index in [1.165, 1.54) is 45.2 Å². The van der Waals surface area contributed by atoms with E-state index in [0.717, 1.165) is 44.5 Å². The summed E-state index contributed by atoms with van der Waals surface area (Å²) >= 11 is 0. The molecule has 0 aliphatic carbocycles. The van der Waals surface area contributed by atoms with Gasteiger partial charge in [-0.1, -0.05) is 25.8 Å². The normalized spacial score (nSPS) is 22.3. The van der Waals surface area contributed by atoms with Crippen LogP contribution in [0.2, 0.25) is 0 Å². The molecule has 5 heteroatoms. The molecule has 5 nitrogen and oxygen atoms in total. The molecule has 2 fully saturated rings. The third kappa shape index (κ3) is 5.44. The van der Waals surface area contributed by atoms with Crippen LogP contribution in [0.15, 0.2) is 24.4 Å². The van der Waals surface area contributed by atoms with Gasteiger partial charge in [0.2, 0.25) is 5.91 Å². The summed E-state index contributed by atoms with van der Waals surface area (Å²) in [6.45, 7) is 8.94. The Morgan fingerprint density at radius 1 is 1.12 bits per heavy atom. The number of aromatic nitrogens is 1. The number of amides is 1. The third-order valence-electron chi connectivity index (χ3n) is 5.88. The first-order valence-corrected chi connectivity index (χ1v) is 10.4. The average molecular weight is 359 g/mol. The van der Waals surface area contributed by atoms with Gasteiger partial charge in [-0.05, 0) is 50.4 Å². The van der Waals surface area contributed by atoms with Gasteiger partial charge in [-0.15, -0.1) is 0 Å². The van der Waals surface area contributed by atoms with Gasteiger partial charge in [-0.2, -0.15) is 0 Å². The average Bonchev–Trinajstić information content (AvgIpc) is 2.92. The van der Waals surface area contributed by atoms with Crippen LogP contribution >= 0.6 is 0 Å². The lowest BCUT2D eigenvalue weighted by molar-refractivity contribution is -0.131. The van der Waals surface area contributed by atoms with Gasteiger partial charge in [0.15, 0.2) is 0 Å². The number of carbonyl (C=O) groups is 1. The van der Waals surface area contributed by atoms with Gasteiger partial charge in [-0.3, -0.25) is 4.79 Å². The molecule has 1 unspecified atom stereocenters. The van der Waals surface area contributed by atoms with Gasteiger partial charge in [0, 0.05) is 45.3 Å². The number of anilines is 1. The second-order valence-electron chi connectivity index (χ2n) is 7.73. The zero-order valence-electron chi connectivity index (χ0n) is 16.3. The molecule has 1 amide bonds. The SMILES string of the molecule is CCCC1CCCN(CCC(=O)N2CCN(c3ccccn3)CC2)CC1. The molecule has 1 aromatic rings. The molecule has 0 spiro atoms. The van der Waals surface area contributed by atoms with Gasteiger partial charge < -0.3 is 14.7 Å². The van der Waals surface area contributed by atoms with E-state index in [4.69, 9.17) is 0 Å². The van der Waals surface area contributed by atoms with Crippen molar-refractivity contribution in [1.82, 2.24) is 14.8 Å². The maximum Gasteiger partial charge on any atom is 0.223 e. The molecule has 1 aromatic heterocycles. The van der Waals surface area contributed by atoms with Crippen molar-refractivity contribution in [3.63, 3.8) is 0 Å². The highest BCUT2D eigenvalue weighted by atomic mass is 16.2. The van der Waals surface area contributed by atoms with Crippen molar-refractivity contribution >= 4 is 11.7 Å². The molecular formula is C21H34N4O. The zero-order chi connectivity index (χ0) is 18.2. The number of hydrogen-bond acceptors (Lipinski definition) is 4. The molecule has 2 aliphatic heterocycles. The third-order valence-corrected chi connectivity index (χ3v) is 5.88. The zero-order valence-corrected chi connectivity index (χ0v) is 16.3. The van der Waals surface area contributed by atoms with Crippen molar-refractivity contribution in [1.29, 1.82) is 0 Å². The number of nitrogens with zero attached hydrogens (tertiary/aromatic N) is 4. The predicted molar refractivity (Wildman–Crippen MR) is 106 cm³/mol. The number of pyridine rings is 1. The molecule has 0 bridgehead atoms. The Morgan fingerprint density at radius 3 is 2.69 bits per heavy atom. The molecule has 0 saturated carbocycles. The second-order valence-corrected chi connectivity index (χ2v) is 7.73. The summed E-state index contributed by atoms with van der Waals surface area (Å²) in [6.07, 6.45) is 9.14. The predicted octanol–water partition coefficient (Wildman–Crippen LogP) is 3.02. The van der Waals surface area contributed by atoms with Crippen molar-refractivity contribution in [2.24, 2.45) is 5.92 Å². The first kappa shape index (κ1) is 19.2. The summed E-state index contributed by atoms with van der Waals surface area (Å²) in [6, 6.07) is 6.01. The number of rotatable bonds is 6. The molecule has 0 aromatic carbocycles. The van der Waals surface area contributed by atoms with Crippen LogP contribution in [0.25, 0.3) is 0 Å². The summed E-state index contributed by atoms with van der Waals surface area (Å²) in [5.74, 6) is 2.24. The Balaban J connectivity index is 1.38. The minimum atomic E-state index is 0.319. The van der Waals surface area contributed by atoms with E-state index in [1.54, 1.807) is 0 Å². The largest absolute Gasteiger partial charge is 0.353 e. The fourth-order valence-electron chi connectivity index (χ4n) is 4.28. The fourth-order valence-corrected chi connectivity index (χ4v) is 4.28. The number of carbonyl (C=O) groups excluding carboxylic acids is 1.